The fraction of sp³-hybridized carbons (Fsp3) is 0.400. The molecule has 3 fully saturated rings. The average molecular weight is 657 g/mol. The summed E-state index contributed by atoms with van der Waals surface area (Å²) >= 11 is 14.1. The number of carbonyl (C=O) groups excluding carboxylic acids is 4. The normalized spacial score (nSPS) is 31.3. The van der Waals surface area contributed by atoms with Crippen LogP contribution in [0.1, 0.15) is 43.2 Å². The van der Waals surface area contributed by atoms with Gasteiger partial charge in [-0.3, -0.25) is 24.1 Å². The maximum absolute atomic E-state index is 15.1. The molecular formula is C30H23Cl2F5N2O5. The molecule has 4 aliphatic rings. The van der Waals surface area contributed by atoms with Crippen LogP contribution in [0.2, 0.25) is 0 Å². The molecule has 2 aliphatic carbocycles. The number of phenols is 1. The maximum atomic E-state index is 15.1. The molecule has 1 N–H and O–H groups in total. The number of anilines is 1. The van der Waals surface area contributed by atoms with Crippen LogP contribution in [-0.4, -0.2) is 49.9 Å². The molecule has 2 saturated heterocycles. The lowest BCUT2D eigenvalue weighted by molar-refractivity contribution is -0.140. The quantitative estimate of drug-likeness (QED) is 0.119. The second-order valence-corrected chi connectivity index (χ2v) is 12.8. The monoisotopic (exact) mass is 656 g/mol. The Labute approximate surface area is 257 Å². The number of likely N-dealkylation sites (tertiary alicyclic amines) is 1. The predicted octanol–water partition coefficient (Wildman–Crippen LogP) is 5.37. The van der Waals surface area contributed by atoms with Gasteiger partial charge in [-0.25, -0.2) is 26.9 Å². The molecule has 6 atom stereocenters. The summed E-state index contributed by atoms with van der Waals surface area (Å²) in [6.07, 6.45) is 1.49. The Bertz CT molecular complexity index is 1710. The smallest absolute Gasteiger partial charge is 0.258 e. The van der Waals surface area contributed by atoms with E-state index >= 15 is 8.78 Å². The second kappa shape index (κ2) is 10.00. The lowest BCUT2D eigenvalue weighted by Gasteiger charge is -2.50. The molecule has 1 saturated carbocycles. The van der Waals surface area contributed by atoms with Crippen molar-refractivity contribution < 1.29 is 46.2 Å². The van der Waals surface area contributed by atoms with Gasteiger partial charge in [0.2, 0.25) is 17.6 Å². The topological polar surface area (TPSA) is 95.0 Å². The zero-order valence-corrected chi connectivity index (χ0v) is 24.6. The molecule has 6 unspecified atom stereocenters. The minimum Gasteiger partial charge on any atom is -0.507 e. The van der Waals surface area contributed by atoms with Crippen LogP contribution in [0.5, 0.6) is 5.75 Å². The lowest BCUT2D eigenvalue weighted by Crippen LogP contribution is -2.60. The van der Waals surface area contributed by atoms with Crippen molar-refractivity contribution in [3.05, 3.63) is 70.1 Å². The van der Waals surface area contributed by atoms with Gasteiger partial charge in [-0.2, -0.15) is 0 Å². The van der Waals surface area contributed by atoms with Crippen molar-refractivity contribution in [2.75, 3.05) is 11.4 Å². The molecule has 4 amide bonds. The van der Waals surface area contributed by atoms with Gasteiger partial charge in [-0.05, 0) is 37.7 Å². The predicted molar refractivity (Wildman–Crippen MR) is 146 cm³/mol. The first-order valence-electron chi connectivity index (χ1n) is 13.8. The number of halogens is 7. The summed E-state index contributed by atoms with van der Waals surface area (Å²) in [5, 5.41) is 11.1. The Hall–Kier alpha value is -3.51. The minimum absolute atomic E-state index is 0.0259. The summed E-state index contributed by atoms with van der Waals surface area (Å²) in [6, 6.07) is 4.42. The summed E-state index contributed by atoms with van der Waals surface area (Å²) in [7, 11) is 0. The zero-order valence-electron chi connectivity index (χ0n) is 23.1. The van der Waals surface area contributed by atoms with E-state index in [-0.39, 0.29) is 34.8 Å². The number of aromatic hydroxyl groups is 1. The Balaban J connectivity index is 1.61. The van der Waals surface area contributed by atoms with Crippen LogP contribution < -0.4 is 4.90 Å². The van der Waals surface area contributed by atoms with Gasteiger partial charge in [0.15, 0.2) is 33.0 Å². The standard InChI is InChI=1S/C30H23Cl2F5N2O5/c1-3-9-38-25(41)13-8-7-12-15(16(13)26(38)42)10-29(31)27(43)39(23-21(36)19(34)18(33)20(35)22(23)37)28(44)30(29,32)17(12)14-6-4-5-11(2)24(14)40/h4-7,13,15-17,40H,3,8-10H2,1-2H3. The number of fused-ring (bicyclic) bond motifs is 4. The van der Waals surface area contributed by atoms with Gasteiger partial charge in [0.1, 0.15) is 11.4 Å². The molecule has 2 aromatic carbocycles. The van der Waals surface area contributed by atoms with Crippen LogP contribution in [0.3, 0.4) is 0 Å². The number of rotatable bonds is 4. The van der Waals surface area contributed by atoms with Crippen molar-refractivity contribution in [3.63, 3.8) is 0 Å². The van der Waals surface area contributed by atoms with E-state index in [0.29, 0.717) is 12.0 Å². The van der Waals surface area contributed by atoms with E-state index in [2.05, 4.69) is 0 Å². The Morgan fingerprint density at radius 1 is 0.909 bits per heavy atom. The number of benzene rings is 2. The molecule has 232 valence electrons. The average Bonchev–Trinajstić information content (AvgIpc) is 3.31. The number of nitrogens with zero attached hydrogens (tertiary/aromatic N) is 2. The van der Waals surface area contributed by atoms with Gasteiger partial charge in [0.25, 0.3) is 11.8 Å². The van der Waals surface area contributed by atoms with Crippen LogP contribution >= 0.6 is 23.2 Å². The number of phenolic OH excluding ortho intramolecular Hbond substituents is 1. The third-order valence-electron chi connectivity index (χ3n) is 9.34. The van der Waals surface area contributed by atoms with E-state index in [1.807, 2.05) is 0 Å². The molecule has 2 aliphatic heterocycles. The minimum atomic E-state index is -2.68. The molecule has 0 spiro atoms. The highest BCUT2D eigenvalue weighted by molar-refractivity contribution is 6.58. The first-order valence-corrected chi connectivity index (χ1v) is 14.5. The van der Waals surface area contributed by atoms with Crippen LogP contribution in [0, 0.1) is 53.8 Å². The van der Waals surface area contributed by atoms with E-state index in [9.17, 15) is 37.5 Å². The largest absolute Gasteiger partial charge is 0.507 e. The van der Waals surface area contributed by atoms with E-state index in [1.165, 1.54) is 25.1 Å². The number of amides is 4. The SMILES string of the molecule is CCCN1C(=O)C2CC=C3C(CC4(Cl)C(=O)N(c5c(F)c(F)c(F)c(F)c5F)C(=O)C4(Cl)C3c3cccc(C)c3O)C2C1=O. The molecule has 0 radical (unpaired) electrons. The van der Waals surface area contributed by atoms with Gasteiger partial charge < -0.3 is 5.11 Å². The summed E-state index contributed by atoms with van der Waals surface area (Å²) in [5.41, 5.74) is -1.29. The highest BCUT2D eigenvalue weighted by Gasteiger charge is 2.77. The van der Waals surface area contributed by atoms with Crippen LogP contribution in [0.4, 0.5) is 27.6 Å². The van der Waals surface area contributed by atoms with Crippen LogP contribution in [0.25, 0.3) is 0 Å². The van der Waals surface area contributed by atoms with Crippen molar-refractivity contribution in [2.45, 2.75) is 48.8 Å². The fourth-order valence-corrected chi connectivity index (χ4v) is 8.26. The first-order chi connectivity index (χ1) is 20.6. The van der Waals surface area contributed by atoms with Crippen LogP contribution in [-0.2, 0) is 19.2 Å². The number of para-hydroxylation sites is 1. The number of allylic oxidation sites excluding steroid dienone is 2. The van der Waals surface area contributed by atoms with Gasteiger partial charge in [-0.15, -0.1) is 23.2 Å². The van der Waals surface area contributed by atoms with Crippen molar-refractivity contribution >= 4 is 52.5 Å². The van der Waals surface area contributed by atoms with Gasteiger partial charge in [0.05, 0.1) is 11.8 Å². The third kappa shape index (κ3) is 3.61. The zero-order chi connectivity index (χ0) is 32.2. The number of aryl methyl sites for hydroxylation is 1. The third-order valence-corrected chi connectivity index (χ3v) is 10.8. The summed E-state index contributed by atoms with van der Waals surface area (Å²) in [5.74, 6) is -21.2. The summed E-state index contributed by atoms with van der Waals surface area (Å²) in [6.45, 7) is 3.44. The van der Waals surface area contributed by atoms with Gasteiger partial charge in [-0.1, -0.05) is 36.8 Å². The Morgan fingerprint density at radius 2 is 1.52 bits per heavy atom. The second-order valence-electron chi connectivity index (χ2n) is 11.5. The van der Waals surface area contributed by atoms with Crippen molar-refractivity contribution in [1.82, 2.24) is 4.90 Å². The molecule has 6 rings (SSSR count). The lowest BCUT2D eigenvalue weighted by atomic mass is 9.56. The molecule has 2 heterocycles. The van der Waals surface area contributed by atoms with Crippen LogP contribution in [0.15, 0.2) is 29.8 Å². The fourth-order valence-electron chi connectivity index (χ4n) is 7.34. The number of hydrogen-bond acceptors (Lipinski definition) is 5. The van der Waals surface area contributed by atoms with Crippen molar-refractivity contribution in [2.24, 2.45) is 17.8 Å². The Kier molecular flexibility index (Phi) is 6.93. The number of imide groups is 2. The number of hydrogen-bond donors (Lipinski definition) is 1. The van der Waals surface area contributed by atoms with Crippen molar-refractivity contribution in [3.8, 4) is 5.75 Å². The maximum Gasteiger partial charge on any atom is 0.258 e. The van der Waals surface area contributed by atoms with E-state index in [0.717, 1.165) is 4.90 Å². The highest BCUT2D eigenvalue weighted by atomic mass is 35.5. The molecule has 44 heavy (non-hydrogen) atoms. The molecular weight excluding hydrogens is 634 g/mol. The van der Waals surface area contributed by atoms with E-state index in [1.54, 1.807) is 13.0 Å². The van der Waals surface area contributed by atoms with Gasteiger partial charge in [0, 0.05) is 18.0 Å². The molecule has 0 aromatic heterocycles. The number of alkyl halides is 2. The van der Waals surface area contributed by atoms with E-state index in [4.69, 9.17) is 23.2 Å². The highest BCUT2D eigenvalue weighted by Crippen LogP contribution is 2.66. The van der Waals surface area contributed by atoms with Crippen molar-refractivity contribution in [1.29, 1.82) is 0 Å². The summed E-state index contributed by atoms with van der Waals surface area (Å²) < 4.78 is 72.6. The van der Waals surface area contributed by atoms with Gasteiger partial charge >= 0.3 is 0 Å². The first kappa shape index (κ1) is 30.5. The Morgan fingerprint density at radius 3 is 2.14 bits per heavy atom. The molecule has 7 nitrogen and oxygen atoms in total. The molecule has 0 bridgehead atoms. The molecule has 2 aromatic rings. The number of carbonyl (C=O) groups is 4. The molecule has 14 heteroatoms. The van der Waals surface area contributed by atoms with E-state index < -0.39 is 98.2 Å². The summed E-state index contributed by atoms with van der Waals surface area (Å²) in [4.78, 5) is 50.7.